The summed E-state index contributed by atoms with van der Waals surface area (Å²) in [6, 6.07) is 33.4. The molecular weight excluding hydrogens is 450 g/mol. The lowest BCUT2D eigenvalue weighted by atomic mass is 10.0. The van der Waals surface area contributed by atoms with E-state index >= 15 is 0 Å². The smallest absolute Gasteiger partial charge is 0.261 e. The van der Waals surface area contributed by atoms with Crippen LogP contribution in [0.25, 0.3) is 0 Å². The summed E-state index contributed by atoms with van der Waals surface area (Å²) in [6.07, 6.45) is 2.06. The molecule has 1 N–H and O–H groups in total. The highest BCUT2D eigenvalue weighted by atomic mass is 16.5. The molecule has 4 aromatic rings. The molecule has 182 valence electrons. The number of carbonyl (C=O) groups excluding carboxylic acids is 2. The van der Waals surface area contributed by atoms with Crippen molar-refractivity contribution in [3.05, 3.63) is 132 Å². The van der Waals surface area contributed by atoms with Gasteiger partial charge in [-0.25, -0.2) is 0 Å². The molecule has 0 spiro atoms. The maximum absolute atomic E-state index is 13.6. The third kappa shape index (κ3) is 7.27. The van der Waals surface area contributed by atoms with E-state index in [1.165, 1.54) is 0 Å². The molecule has 0 fully saturated rings. The molecule has 1 atom stereocenters. The van der Waals surface area contributed by atoms with E-state index in [1.54, 1.807) is 23.2 Å². The highest BCUT2D eigenvalue weighted by Gasteiger charge is 2.30. The van der Waals surface area contributed by atoms with Crippen LogP contribution in [-0.4, -0.2) is 34.3 Å². The Morgan fingerprint density at radius 2 is 1.39 bits per heavy atom. The van der Waals surface area contributed by atoms with E-state index in [-0.39, 0.29) is 31.5 Å². The molecule has 3 aromatic carbocycles. The van der Waals surface area contributed by atoms with E-state index in [0.717, 1.165) is 16.8 Å². The molecular formula is C30H29N3O3. The summed E-state index contributed by atoms with van der Waals surface area (Å²) in [5.41, 5.74) is 2.64. The van der Waals surface area contributed by atoms with Crippen LogP contribution in [0.15, 0.2) is 115 Å². The van der Waals surface area contributed by atoms with Crippen LogP contribution in [0.5, 0.6) is 5.75 Å². The lowest BCUT2D eigenvalue weighted by Gasteiger charge is -2.31. The largest absolute Gasteiger partial charge is 0.484 e. The molecule has 0 aliphatic carbocycles. The summed E-state index contributed by atoms with van der Waals surface area (Å²) < 4.78 is 5.76. The predicted octanol–water partition coefficient (Wildman–Crippen LogP) is 4.42. The van der Waals surface area contributed by atoms with Crippen molar-refractivity contribution in [1.82, 2.24) is 15.2 Å². The van der Waals surface area contributed by atoms with Gasteiger partial charge in [-0.3, -0.25) is 14.6 Å². The molecule has 2 amide bonds. The topological polar surface area (TPSA) is 71.5 Å². The average molecular weight is 480 g/mol. The monoisotopic (exact) mass is 479 g/mol. The van der Waals surface area contributed by atoms with Crippen LogP contribution in [0.1, 0.15) is 16.8 Å². The maximum Gasteiger partial charge on any atom is 0.261 e. The highest BCUT2D eigenvalue weighted by Crippen LogP contribution is 2.16. The molecule has 1 heterocycles. The predicted molar refractivity (Wildman–Crippen MR) is 139 cm³/mol. The van der Waals surface area contributed by atoms with E-state index in [9.17, 15) is 9.59 Å². The first kappa shape index (κ1) is 24.7. The van der Waals surface area contributed by atoms with Gasteiger partial charge in [0.1, 0.15) is 11.8 Å². The number of aromatic nitrogens is 1. The Hall–Kier alpha value is -4.45. The standard InChI is InChI=1S/C30H29N3O3/c34-29(23-36-27-17-8-3-9-18-27)33(22-25-14-6-2-7-15-25)28(20-24-12-4-1-5-13-24)30(35)32-21-26-16-10-11-19-31-26/h1-19,28H,20-23H2,(H,32,35). The van der Waals surface area contributed by atoms with Crippen LogP contribution < -0.4 is 10.1 Å². The van der Waals surface area contributed by atoms with Crippen molar-refractivity contribution in [3.63, 3.8) is 0 Å². The van der Waals surface area contributed by atoms with Crippen LogP contribution in [0, 0.1) is 0 Å². The third-order valence-electron chi connectivity index (χ3n) is 5.74. The Morgan fingerprint density at radius 3 is 2.03 bits per heavy atom. The van der Waals surface area contributed by atoms with Crippen LogP contribution in [0.4, 0.5) is 0 Å². The second-order valence-corrected chi connectivity index (χ2v) is 8.35. The van der Waals surface area contributed by atoms with Gasteiger partial charge in [0.25, 0.3) is 5.91 Å². The number of hydrogen-bond acceptors (Lipinski definition) is 4. The minimum absolute atomic E-state index is 0.171. The summed E-state index contributed by atoms with van der Waals surface area (Å²) in [5.74, 6) is 0.0924. The Bertz CT molecular complexity index is 1120. The van der Waals surface area contributed by atoms with Gasteiger partial charge in [-0.05, 0) is 35.4 Å². The zero-order valence-corrected chi connectivity index (χ0v) is 20.0. The van der Waals surface area contributed by atoms with Crippen LogP contribution in [-0.2, 0) is 29.1 Å². The fourth-order valence-corrected chi connectivity index (χ4v) is 3.88. The summed E-state index contributed by atoms with van der Waals surface area (Å²) in [4.78, 5) is 33.0. The van der Waals surface area contributed by atoms with Gasteiger partial charge < -0.3 is 15.0 Å². The Morgan fingerprint density at radius 1 is 0.778 bits per heavy atom. The number of ether oxygens (including phenoxy) is 1. The number of carbonyl (C=O) groups is 2. The van der Waals surface area contributed by atoms with Crippen molar-refractivity contribution in [2.75, 3.05) is 6.61 Å². The first-order valence-electron chi connectivity index (χ1n) is 11.9. The molecule has 0 saturated carbocycles. The van der Waals surface area contributed by atoms with Crippen molar-refractivity contribution >= 4 is 11.8 Å². The minimum atomic E-state index is -0.733. The highest BCUT2D eigenvalue weighted by molar-refractivity contribution is 5.88. The molecule has 1 aromatic heterocycles. The number of nitrogens with zero attached hydrogens (tertiary/aromatic N) is 2. The number of hydrogen-bond donors (Lipinski definition) is 1. The van der Waals surface area contributed by atoms with Gasteiger partial charge in [-0.15, -0.1) is 0 Å². The van der Waals surface area contributed by atoms with Gasteiger partial charge in [0, 0.05) is 19.2 Å². The number of para-hydroxylation sites is 1. The first-order chi connectivity index (χ1) is 17.7. The zero-order valence-electron chi connectivity index (χ0n) is 20.0. The number of nitrogens with one attached hydrogen (secondary N) is 1. The normalized spacial score (nSPS) is 11.3. The second-order valence-electron chi connectivity index (χ2n) is 8.35. The summed E-state index contributed by atoms with van der Waals surface area (Å²) in [7, 11) is 0. The lowest BCUT2D eigenvalue weighted by molar-refractivity contribution is -0.142. The fraction of sp³-hybridized carbons (Fsp3) is 0.167. The Kier molecular flexibility index (Phi) is 8.81. The summed E-state index contributed by atoms with van der Waals surface area (Å²) in [6.45, 7) is 0.390. The Labute approximate surface area is 211 Å². The number of pyridine rings is 1. The quantitative estimate of drug-likeness (QED) is 0.346. The van der Waals surface area contributed by atoms with E-state index < -0.39 is 6.04 Å². The van der Waals surface area contributed by atoms with Gasteiger partial charge in [-0.2, -0.15) is 0 Å². The minimum Gasteiger partial charge on any atom is -0.484 e. The van der Waals surface area contributed by atoms with Gasteiger partial charge >= 0.3 is 0 Å². The molecule has 6 heteroatoms. The molecule has 0 bridgehead atoms. The van der Waals surface area contributed by atoms with Gasteiger partial charge in [0.15, 0.2) is 6.61 Å². The van der Waals surface area contributed by atoms with Gasteiger partial charge in [-0.1, -0.05) is 84.9 Å². The summed E-state index contributed by atoms with van der Waals surface area (Å²) in [5, 5.41) is 2.98. The average Bonchev–Trinajstić information content (AvgIpc) is 2.94. The van der Waals surface area contributed by atoms with Crippen LogP contribution >= 0.6 is 0 Å². The molecule has 0 aliphatic heterocycles. The van der Waals surface area contributed by atoms with Crippen molar-refractivity contribution in [2.24, 2.45) is 0 Å². The van der Waals surface area contributed by atoms with Crippen molar-refractivity contribution < 1.29 is 14.3 Å². The van der Waals surface area contributed by atoms with E-state index in [1.807, 2.05) is 97.1 Å². The van der Waals surface area contributed by atoms with Crippen LogP contribution in [0.3, 0.4) is 0 Å². The van der Waals surface area contributed by atoms with E-state index in [4.69, 9.17) is 4.74 Å². The molecule has 0 aliphatic rings. The van der Waals surface area contributed by atoms with E-state index in [2.05, 4.69) is 10.3 Å². The second kappa shape index (κ2) is 12.9. The fourth-order valence-electron chi connectivity index (χ4n) is 3.88. The number of rotatable bonds is 11. The van der Waals surface area contributed by atoms with Gasteiger partial charge in [0.05, 0.1) is 12.2 Å². The molecule has 6 nitrogen and oxygen atoms in total. The molecule has 0 saturated heterocycles. The van der Waals surface area contributed by atoms with Crippen molar-refractivity contribution in [1.29, 1.82) is 0 Å². The van der Waals surface area contributed by atoms with Crippen molar-refractivity contribution in [3.8, 4) is 5.75 Å². The summed E-state index contributed by atoms with van der Waals surface area (Å²) >= 11 is 0. The lowest BCUT2D eigenvalue weighted by Crippen LogP contribution is -2.51. The molecule has 0 radical (unpaired) electrons. The van der Waals surface area contributed by atoms with E-state index in [0.29, 0.717) is 12.2 Å². The van der Waals surface area contributed by atoms with Gasteiger partial charge in [0.2, 0.25) is 5.91 Å². The van der Waals surface area contributed by atoms with Crippen molar-refractivity contribution in [2.45, 2.75) is 25.6 Å². The molecule has 36 heavy (non-hydrogen) atoms. The third-order valence-corrected chi connectivity index (χ3v) is 5.74. The molecule has 4 rings (SSSR count). The maximum atomic E-state index is 13.6. The first-order valence-corrected chi connectivity index (χ1v) is 11.9. The van der Waals surface area contributed by atoms with Crippen LogP contribution in [0.2, 0.25) is 0 Å². The Balaban J connectivity index is 1.59. The number of amides is 2. The number of benzene rings is 3. The zero-order chi connectivity index (χ0) is 25.0. The SMILES string of the molecule is O=C(NCc1ccccn1)C(Cc1ccccc1)N(Cc1ccccc1)C(=O)COc1ccccc1. The molecule has 1 unspecified atom stereocenters.